The molecule has 1 atom stereocenters. The third-order valence-corrected chi connectivity index (χ3v) is 2.42. The lowest BCUT2D eigenvalue weighted by Gasteiger charge is -2.24. The molecule has 0 saturated carbocycles. The van der Waals surface area contributed by atoms with Crippen LogP contribution in [0.25, 0.3) is 5.57 Å². The zero-order valence-corrected chi connectivity index (χ0v) is 7.66. The fraction of sp³-hybridized carbons (Fsp3) is 0.273. The van der Waals surface area contributed by atoms with Crippen LogP contribution < -0.4 is 4.90 Å². The molecular weight excluding hydrogens is 160 g/mol. The minimum absolute atomic E-state index is 1.03. The van der Waals surface area contributed by atoms with Crippen LogP contribution in [-0.2, 0) is 0 Å². The van der Waals surface area contributed by atoms with Crippen LogP contribution in [0.4, 0.5) is 0 Å². The van der Waals surface area contributed by atoms with E-state index in [1.807, 2.05) is 18.5 Å². The van der Waals surface area contributed by atoms with E-state index in [4.69, 9.17) is 0 Å². The Morgan fingerprint density at radius 3 is 3.00 bits per heavy atom. The molecule has 1 aromatic rings. The first-order valence-corrected chi connectivity index (χ1v) is 4.62. The summed E-state index contributed by atoms with van der Waals surface area (Å²) >= 11 is 0. The third-order valence-electron chi connectivity index (χ3n) is 2.42. The van der Waals surface area contributed by atoms with Gasteiger partial charge in [-0.25, -0.2) is 0 Å². The Hall–Kier alpha value is -1.15. The predicted molar refractivity (Wildman–Crippen MR) is 52.9 cm³/mol. The highest BCUT2D eigenvalue weighted by molar-refractivity contribution is 5.65. The fourth-order valence-electron chi connectivity index (χ4n) is 1.60. The minimum atomic E-state index is 1.03. The number of aromatic nitrogens is 1. The summed E-state index contributed by atoms with van der Waals surface area (Å²) in [5.74, 6) is 0. The molecule has 1 N–H and O–H groups in total. The molecule has 2 rings (SSSR count). The van der Waals surface area contributed by atoms with Crippen LogP contribution in [0.2, 0.25) is 0 Å². The lowest BCUT2D eigenvalue weighted by Crippen LogP contribution is -3.07. The lowest BCUT2D eigenvalue weighted by molar-refractivity contribution is -0.848. The molecule has 0 aliphatic carbocycles. The number of hydrogen-bond donors (Lipinski definition) is 1. The molecule has 0 saturated heterocycles. The summed E-state index contributed by atoms with van der Waals surface area (Å²) in [6.45, 7) is 2.16. The van der Waals surface area contributed by atoms with Gasteiger partial charge in [0, 0.05) is 18.8 Å². The topological polar surface area (TPSA) is 17.3 Å². The Bertz CT molecular complexity index is 303. The quantitative estimate of drug-likeness (QED) is 0.615. The first kappa shape index (κ1) is 8.45. The number of pyridine rings is 1. The highest BCUT2D eigenvalue weighted by atomic mass is 15.1. The average Bonchev–Trinajstić information content (AvgIpc) is 2.20. The maximum Gasteiger partial charge on any atom is 0.0723 e. The normalized spacial score (nSPS) is 22.5. The first-order valence-electron chi connectivity index (χ1n) is 4.62. The Labute approximate surface area is 78.9 Å². The van der Waals surface area contributed by atoms with Gasteiger partial charge in [-0.15, -0.1) is 0 Å². The molecule has 2 nitrogen and oxygen atoms in total. The van der Waals surface area contributed by atoms with Crippen LogP contribution in [0.15, 0.2) is 30.6 Å². The molecule has 68 valence electrons. The van der Waals surface area contributed by atoms with Crippen molar-refractivity contribution in [3.8, 4) is 0 Å². The Kier molecular flexibility index (Phi) is 2.41. The molecule has 2 heterocycles. The Balaban J connectivity index is 2.19. The van der Waals surface area contributed by atoms with Crippen molar-refractivity contribution in [2.75, 3.05) is 13.1 Å². The van der Waals surface area contributed by atoms with Gasteiger partial charge >= 0.3 is 0 Å². The van der Waals surface area contributed by atoms with Gasteiger partial charge in [-0.2, -0.15) is 7.05 Å². The first-order chi connectivity index (χ1) is 6.36. The van der Waals surface area contributed by atoms with Gasteiger partial charge in [0.1, 0.15) is 0 Å². The number of hydrogen-bond acceptors (Lipinski definition) is 1. The van der Waals surface area contributed by atoms with Crippen molar-refractivity contribution < 1.29 is 4.90 Å². The molecule has 0 amide bonds. The smallest absolute Gasteiger partial charge is 0.0723 e. The van der Waals surface area contributed by atoms with E-state index in [0.717, 1.165) is 19.5 Å². The van der Waals surface area contributed by atoms with Gasteiger partial charge in [-0.05, 0) is 23.3 Å². The maximum absolute atomic E-state index is 4.12. The van der Waals surface area contributed by atoms with E-state index >= 15 is 0 Å². The van der Waals surface area contributed by atoms with E-state index in [1.165, 1.54) is 16.0 Å². The fourth-order valence-corrected chi connectivity index (χ4v) is 1.60. The van der Waals surface area contributed by atoms with Crippen LogP contribution in [0.5, 0.6) is 0 Å². The van der Waals surface area contributed by atoms with Gasteiger partial charge in [0.2, 0.25) is 0 Å². The molecule has 1 aliphatic heterocycles. The second-order valence-corrected chi connectivity index (χ2v) is 3.43. The molecule has 1 unspecified atom stereocenters. The van der Waals surface area contributed by atoms with Crippen molar-refractivity contribution >= 4 is 5.57 Å². The standard InChI is InChI=1S/C11H14N2/c1-13-7-4-10(5-8-13)11-3-2-6-12-9-11/h2-4,6,9,13H,1,5,7-8H2. The molecule has 0 aromatic carbocycles. The second kappa shape index (κ2) is 3.71. The number of rotatable bonds is 1. The van der Waals surface area contributed by atoms with E-state index in [2.05, 4.69) is 24.2 Å². The number of nitrogens with zero attached hydrogens (tertiary/aromatic N) is 1. The molecule has 0 radical (unpaired) electrons. The van der Waals surface area contributed by atoms with Gasteiger partial charge in [-0.3, -0.25) is 4.98 Å². The summed E-state index contributed by atoms with van der Waals surface area (Å²) in [6.07, 6.45) is 7.12. The SMILES string of the molecule is [CH2-][NH+]1CC=C(c2cccnc2)CC1. The lowest BCUT2D eigenvalue weighted by atomic mass is 10.0. The third kappa shape index (κ3) is 1.95. The molecule has 1 aromatic heterocycles. The zero-order chi connectivity index (χ0) is 9.10. The summed E-state index contributed by atoms with van der Waals surface area (Å²) in [5.41, 5.74) is 2.68. The van der Waals surface area contributed by atoms with E-state index < -0.39 is 0 Å². The molecular formula is C11H14N2. The molecule has 0 bridgehead atoms. The van der Waals surface area contributed by atoms with Crippen LogP contribution >= 0.6 is 0 Å². The van der Waals surface area contributed by atoms with Crippen molar-refractivity contribution in [3.63, 3.8) is 0 Å². The van der Waals surface area contributed by atoms with Crippen molar-refractivity contribution in [1.82, 2.24) is 4.98 Å². The van der Waals surface area contributed by atoms with Gasteiger partial charge in [0.15, 0.2) is 0 Å². The van der Waals surface area contributed by atoms with Crippen LogP contribution in [0.3, 0.4) is 0 Å². The highest BCUT2D eigenvalue weighted by Crippen LogP contribution is 2.16. The molecule has 0 spiro atoms. The maximum atomic E-state index is 4.12. The number of quaternary nitrogens is 1. The molecule has 1 aliphatic rings. The van der Waals surface area contributed by atoms with Crippen molar-refractivity contribution in [1.29, 1.82) is 0 Å². The van der Waals surface area contributed by atoms with Crippen molar-refractivity contribution in [3.05, 3.63) is 43.2 Å². The van der Waals surface area contributed by atoms with E-state index in [0.29, 0.717) is 0 Å². The Morgan fingerprint density at radius 1 is 1.46 bits per heavy atom. The van der Waals surface area contributed by atoms with Gasteiger partial charge < -0.3 is 4.90 Å². The molecule has 2 heteroatoms. The van der Waals surface area contributed by atoms with Crippen LogP contribution in [0.1, 0.15) is 12.0 Å². The summed E-state index contributed by atoms with van der Waals surface area (Å²) in [5, 5.41) is 0. The predicted octanol–water partition coefficient (Wildman–Crippen LogP) is 0.545. The van der Waals surface area contributed by atoms with E-state index in [-0.39, 0.29) is 0 Å². The van der Waals surface area contributed by atoms with E-state index in [1.54, 1.807) is 0 Å². The molecule has 0 fully saturated rings. The monoisotopic (exact) mass is 174 g/mol. The summed E-state index contributed by atoms with van der Waals surface area (Å²) in [6, 6.07) is 4.10. The average molecular weight is 174 g/mol. The van der Waals surface area contributed by atoms with Gasteiger partial charge in [0.25, 0.3) is 0 Å². The van der Waals surface area contributed by atoms with Crippen molar-refractivity contribution in [2.45, 2.75) is 6.42 Å². The summed E-state index contributed by atoms with van der Waals surface area (Å²) in [4.78, 5) is 5.46. The van der Waals surface area contributed by atoms with Gasteiger partial charge in [0.05, 0.1) is 13.1 Å². The minimum Gasteiger partial charge on any atom is -0.464 e. The van der Waals surface area contributed by atoms with Gasteiger partial charge in [-0.1, -0.05) is 6.07 Å². The van der Waals surface area contributed by atoms with Crippen LogP contribution in [-0.4, -0.2) is 18.1 Å². The Morgan fingerprint density at radius 2 is 2.38 bits per heavy atom. The van der Waals surface area contributed by atoms with Crippen molar-refractivity contribution in [2.24, 2.45) is 0 Å². The second-order valence-electron chi connectivity index (χ2n) is 3.43. The van der Waals surface area contributed by atoms with E-state index in [9.17, 15) is 0 Å². The zero-order valence-electron chi connectivity index (χ0n) is 7.66. The summed E-state index contributed by atoms with van der Waals surface area (Å²) < 4.78 is 0. The van der Waals surface area contributed by atoms with Crippen LogP contribution in [0, 0.1) is 7.05 Å². The highest BCUT2D eigenvalue weighted by Gasteiger charge is 2.08. The molecule has 13 heavy (non-hydrogen) atoms. The largest absolute Gasteiger partial charge is 0.464 e. The number of nitrogens with one attached hydrogen (secondary N) is 1. The summed E-state index contributed by atoms with van der Waals surface area (Å²) in [7, 11) is 3.98.